The maximum Gasteiger partial charge on any atom is 0.341 e. The second kappa shape index (κ2) is 12.4. The Balaban J connectivity index is 1.42. The number of sulfonamides is 1. The molecule has 0 aliphatic heterocycles. The molecule has 2 aromatic carbocycles. The van der Waals surface area contributed by atoms with Gasteiger partial charge in [-0.25, -0.2) is 23.7 Å². The van der Waals surface area contributed by atoms with E-state index in [2.05, 4.69) is 25.3 Å². The van der Waals surface area contributed by atoms with Gasteiger partial charge in [-0.2, -0.15) is 0 Å². The van der Waals surface area contributed by atoms with Crippen molar-refractivity contribution in [2.45, 2.75) is 11.8 Å². The first-order valence-corrected chi connectivity index (χ1v) is 13.5. The van der Waals surface area contributed by atoms with Crippen molar-refractivity contribution in [2.75, 3.05) is 16.8 Å². The lowest BCUT2D eigenvalue weighted by atomic mass is 10.1. The summed E-state index contributed by atoms with van der Waals surface area (Å²) in [7, 11) is -4.00. The number of anilines is 2. The van der Waals surface area contributed by atoms with Gasteiger partial charge in [0, 0.05) is 17.4 Å². The predicted octanol–water partition coefficient (Wildman–Crippen LogP) is 4.18. The summed E-state index contributed by atoms with van der Waals surface area (Å²) in [6.45, 7) is 1.34. The molecule has 5 N–H and O–H groups in total. The van der Waals surface area contributed by atoms with E-state index in [1.807, 2.05) is 12.1 Å². The van der Waals surface area contributed by atoms with Crippen LogP contribution in [0, 0.1) is 6.92 Å². The Bertz CT molecular complexity index is 1640. The van der Waals surface area contributed by atoms with Gasteiger partial charge in [-0.1, -0.05) is 17.7 Å². The third kappa shape index (κ3) is 7.02. The summed E-state index contributed by atoms with van der Waals surface area (Å²) in [5.74, 6) is -0.123. The number of nitrogens with zero attached hydrogens (tertiary/aromatic N) is 2. The Morgan fingerprint density at radius 1 is 1.02 bits per heavy atom. The number of ether oxygens (including phenoxy) is 1. The van der Waals surface area contributed by atoms with Crippen LogP contribution in [0.1, 0.15) is 16.1 Å². The zero-order valence-electron chi connectivity index (χ0n) is 20.9. The van der Waals surface area contributed by atoms with E-state index in [1.165, 1.54) is 41.9 Å². The van der Waals surface area contributed by atoms with E-state index in [9.17, 15) is 18.0 Å². The number of nitrogens with one attached hydrogen (secondary N) is 4. The highest BCUT2D eigenvalue weighted by Gasteiger charge is 2.18. The number of carbonyl (C=O) groups is 2. The zero-order chi connectivity index (χ0) is 28.7. The normalized spacial score (nSPS) is 10.9. The van der Waals surface area contributed by atoms with E-state index in [0.717, 1.165) is 0 Å². The fraction of sp³-hybridized carbons (Fsp3) is 0.0769. The molecule has 0 bridgehead atoms. The fourth-order valence-corrected chi connectivity index (χ4v) is 4.73. The van der Waals surface area contributed by atoms with Crippen LogP contribution < -0.4 is 25.6 Å². The molecule has 0 aliphatic carbocycles. The minimum atomic E-state index is -4.00. The molecule has 0 saturated carbocycles. The van der Waals surface area contributed by atoms with Crippen molar-refractivity contribution in [1.82, 2.24) is 20.8 Å². The lowest BCUT2D eigenvalue weighted by molar-refractivity contribution is 0.102. The Morgan fingerprint density at radius 3 is 2.48 bits per heavy atom. The monoisotopic (exact) mass is 582 g/mol. The summed E-state index contributed by atoms with van der Waals surface area (Å²) in [6.07, 6.45) is 1.65. The highest BCUT2D eigenvalue weighted by Crippen LogP contribution is 2.29. The van der Waals surface area contributed by atoms with Crippen LogP contribution in [0.25, 0.3) is 11.3 Å². The average molecular weight is 583 g/mol. The van der Waals surface area contributed by atoms with E-state index >= 15 is 0 Å². The number of urea groups is 1. The maximum absolute atomic E-state index is 13.0. The molecule has 0 aliphatic rings. The summed E-state index contributed by atoms with van der Waals surface area (Å²) >= 11 is 6.32. The van der Waals surface area contributed by atoms with E-state index < -0.39 is 22.0 Å². The Kier molecular flexibility index (Phi) is 8.79. The summed E-state index contributed by atoms with van der Waals surface area (Å²) in [6, 6.07) is 17.9. The van der Waals surface area contributed by atoms with Crippen molar-refractivity contribution in [3.63, 3.8) is 0 Å². The number of pyridine rings is 2. The molecule has 2 heterocycles. The maximum atomic E-state index is 13.0. The van der Waals surface area contributed by atoms with Crippen molar-refractivity contribution in [3.8, 4) is 17.0 Å². The molecule has 12 nitrogen and oxygen atoms in total. The fourth-order valence-electron chi connectivity index (χ4n) is 3.51. The number of rotatable bonds is 9. The molecule has 0 atom stereocenters. The first-order valence-electron chi connectivity index (χ1n) is 11.6. The average Bonchev–Trinajstić information content (AvgIpc) is 2.94. The van der Waals surface area contributed by atoms with Crippen LogP contribution in [0.4, 0.5) is 16.3 Å². The second-order valence-corrected chi connectivity index (χ2v) is 10.3. The van der Waals surface area contributed by atoms with Gasteiger partial charge in [0.25, 0.3) is 15.9 Å². The molecule has 2 aromatic heterocycles. The third-order valence-electron chi connectivity index (χ3n) is 5.44. The summed E-state index contributed by atoms with van der Waals surface area (Å²) < 4.78 is 33.3. The summed E-state index contributed by atoms with van der Waals surface area (Å²) in [5.41, 5.74) is 3.76. The van der Waals surface area contributed by atoms with Gasteiger partial charge < -0.3 is 15.4 Å². The lowest BCUT2D eigenvalue weighted by Gasteiger charge is -2.12. The van der Waals surface area contributed by atoms with Crippen LogP contribution in [-0.2, 0) is 10.0 Å². The minimum Gasteiger partial charge on any atom is -0.473 e. The smallest absolute Gasteiger partial charge is 0.341 e. The molecule has 206 valence electrons. The molecular weight excluding hydrogens is 560 g/mol. The quantitative estimate of drug-likeness (QED) is 0.111. The number of aryl methyl sites for hydroxylation is 1. The van der Waals surface area contributed by atoms with E-state index in [4.69, 9.17) is 21.5 Å². The van der Waals surface area contributed by atoms with Crippen LogP contribution in [0.3, 0.4) is 0 Å². The molecule has 0 saturated heterocycles. The molecule has 0 fully saturated rings. The highest BCUT2D eigenvalue weighted by atomic mass is 35.5. The van der Waals surface area contributed by atoms with Crippen molar-refractivity contribution in [1.29, 1.82) is 0 Å². The van der Waals surface area contributed by atoms with Crippen molar-refractivity contribution in [2.24, 2.45) is 0 Å². The first kappa shape index (κ1) is 28.3. The van der Waals surface area contributed by atoms with Crippen LogP contribution in [0.5, 0.6) is 5.75 Å². The molecule has 0 unspecified atom stereocenters. The van der Waals surface area contributed by atoms with E-state index in [1.54, 1.807) is 37.4 Å². The van der Waals surface area contributed by atoms with E-state index in [0.29, 0.717) is 27.7 Å². The molecular formula is C26H23ClN6O6S. The molecule has 14 heteroatoms. The molecule has 4 aromatic rings. The third-order valence-corrected chi connectivity index (χ3v) is 7.14. The predicted molar refractivity (Wildman–Crippen MR) is 148 cm³/mol. The van der Waals surface area contributed by atoms with Gasteiger partial charge in [-0.3, -0.25) is 19.7 Å². The number of aromatic nitrogens is 2. The minimum absolute atomic E-state index is 0.0255. The topological polar surface area (TPSA) is 172 Å². The molecule has 4 rings (SSSR count). The first-order chi connectivity index (χ1) is 19.2. The zero-order valence-corrected chi connectivity index (χ0v) is 22.5. The molecule has 0 spiro atoms. The molecule has 40 heavy (non-hydrogen) atoms. The lowest BCUT2D eigenvalue weighted by Crippen LogP contribution is -2.35. The Morgan fingerprint density at radius 2 is 1.80 bits per heavy atom. The summed E-state index contributed by atoms with van der Waals surface area (Å²) in [5, 5.41) is 13.9. The van der Waals surface area contributed by atoms with Crippen molar-refractivity contribution >= 4 is 45.1 Å². The van der Waals surface area contributed by atoms with Gasteiger partial charge in [0.05, 0.1) is 26.9 Å². The van der Waals surface area contributed by atoms with Gasteiger partial charge in [-0.15, -0.1) is 0 Å². The number of hydrogen-bond acceptors (Lipinski definition) is 8. The molecule has 3 amide bonds. The number of benzene rings is 2. The van der Waals surface area contributed by atoms with Crippen LogP contribution >= 0.6 is 11.6 Å². The second-order valence-electron chi connectivity index (χ2n) is 8.18. The number of amides is 3. The van der Waals surface area contributed by atoms with Crippen LogP contribution in [0.15, 0.2) is 83.9 Å². The largest absolute Gasteiger partial charge is 0.473 e. The van der Waals surface area contributed by atoms with Gasteiger partial charge in [0.2, 0.25) is 0 Å². The van der Waals surface area contributed by atoms with Crippen molar-refractivity contribution in [3.05, 3.63) is 95.3 Å². The van der Waals surface area contributed by atoms with Gasteiger partial charge in [0.1, 0.15) is 11.6 Å². The Hall–Kier alpha value is -4.72. The number of hydrogen-bond donors (Lipinski definition) is 5. The van der Waals surface area contributed by atoms with Crippen LogP contribution in [-0.4, -0.2) is 42.3 Å². The number of halogens is 1. The number of hydroxylamine groups is 1. The highest BCUT2D eigenvalue weighted by molar-refractivity contribution is 7.92. The van der Waals surface area contributed by atoms with Gasteiger partial charge in [0.15, 0.2) is 6.73 Å². The SMILES string of the molecule is Cc1nc(NS(=O)(=O)c2ccc(OCNC(=O)NO)cc2)ccc1C(=O)Nc1ccc(Cl)c(-c2ccccn2)c1. The standard InChI is InChI=1S/C26H23ClN6O6S/c1-16-20(25(34)31-17-5-11-22(27)21(14-17)23-4-2-3-13-28-23)10-12-24(30-16)33-40(37,38)19-8-6-18(7-9-19)39-15-29-26(35)32-36/h2-14,36H,15H2,1H3,(H,30,33)(H,31,34)(H2,29,32,35). The van der Waals surface area contributed by atoms with Gasteiger partial charge in [-0.05, 0) is 73.7 Å². The van der Waals surface area contributed by atoms with Crippen molar-refractivity contribution < 1.29 is 28.0 Å². The Labute approximate surface area is 234 Å². The van der Waals surface area contributed by atoms with E-state index in [-0.39, 0.29) is 28.8 Å². The summed E-state index contributed by atoms with van der Waals surface area (Å²) in [4.78, 5) is 32.4. The molecule has 0 radical (unpaired) electrons. The van der Waals surface area contributed by atoms with Crippen LogP contribution in [0.2, 0.25) is 5.02 Å². The van der Waals surface area contributed by atoms with Gasteiger partial charge >= 0.3 is 6.03 Å². The number of carbonyl (C=O) groups excluding carboxylic acids is 2.